The zero-order chi connectivity index (χ0) is 22.3. The van der Waals surface area contributed by atoms with E-state index in [0.717, 1.165) is 54.7 Å². The number of hydrogen-bond donors (Lipinski definition) is 1. The Hall–Kier alpha value is -3.16. The van der Waals surface area contributed by atoms with E-state index in [0.29, 0.717) is 5.56 Å². The van der Waals surface area contributed by atoms with Crippen LogP contribution in [0.1, 0.15) is 27.7 Å². The van der Waals surface area contributed by atoms with Crippen LogP contribution in [0.2, 0.25) is 0 Å². The summed E-state index contributed by atoms with van der Waals surface area (Å²) >= 11 is 1.60. The molecule has 6 nitrogen and oxygen atoms in total. The Bertz CT molecular complexity index is 1060. The van der Waals surface area contributed by atoms with Crippen LogP contribution < -0.4 is 15.1 Å². The second-order valence-corrected chi connectivity index (χ2v) is 8.70. The summed E-state index contributed by atoms with van der Waals surface area (Å²) < 4.78 is 5.51. The highest BCUT2D eigenvalue weighted by molar-refractivity contribution is 7.12. The van der Waals surface area contributed by atoms with Gasteiger partial charge in [0.2, 0.25) is 0 Å². The molecule has 4 rings (SSSR count). The van der Waals surface area contributed by atoms with Crippen molar-refractivity contribution in [3.8, 4) is 5.75 Å². The van der Waals surface area contributed by atoms with Crippen LogP contribution in [0.4, 0.5) is 5.69 Å². The van der Waals surface area contributed by atoms with Gasteiger partial charge in [0.25, 0.3) is 5.91 Å². The van der Waals surface area contributed by atoms with Crippen LogP contribution >= 0.6 is 11.3 Å². The van der Waals surface area contributed by atoms with E-state index in [-0.39, 0.29) is 5.91 Å². The van der Waals surface area contributed by atoms with E-state index in [4.69, 9.17) is 4.74 Å². The lowest BCUT2D eigenvalue weighted by atomic mass is 10.1. The number of thiophene rings is 1. The summed E-state index contributed by atoms with van der Waals surface area (Å²) in [6.45, 7) is 6.65. The smallest absolute Gasteiger partial charge is 0.271 e. The molecule has 3 aromatic rings. The average Bonchev–Trinajstić information content (AvgIpc) is 3.38. The van der Waals surface area contributed by atoms with Gasteiger partial charge in [0.15, 0.2) is 0 Å². The Morgan fingerprint density at radius 2 is 1.78 bits per heavy atom. The van der Waals surface area contributed by atoms with E-state index in [1.807, 2.05) is 60.8 Å². The molecule has 2 heterocycles. The third kappa shape index (κ3) is 5.36. The topological polar surface area (TPSA) is 57.2 Å². The lowest BCUT2D eigenvalue weighted by Gasteiger charge is -2.36. The van der Waals surface area contributed by atoms with Crippen molar-refractivity contribution in [2.75, 3.05) is 38.2 Å². The van der Waals surface area contributed by atoms with Crippen molar-refractivity contribution in [3.63, 3.8) is 0 Å². The number of nitrogens with zero attached hydrogens (tertiary/aromatic N) is 3. The molecule has 7 heteroatoms. The standard InChI is InChI=1S/C25H28N4O2S/c1-19(24-8-5-17-32-24)26-27-25(30)21-11-9-20(10-12-21)18-28-13-15-29(16-14-28)22-6-3-4-7-23(22)31-2/h3-12,17H,13-16,18H2,1-2H3,(H,27,30)/b26-19-. The van der Waals surface area contributed by atoms with Crippen LogP contribution in [-0.2, 0) is 6.54 Å². The van der Waals surface area contributed by atoms with Gasteiger partial charge in [-0.25, -0.2) is 5.43 Å². The van der Waals surface area contributed by atoms with Gasteiger partial charge in [-0.05, 0) is 48.2 Å². The maximum atomic E-state index is 12.4. The molecule has 166 valence electrons. The largest absolute Gasteiger partial charge is 0.495 e. The van der Waals surface area contributed by atoms with E-state index >= 15 is 0 Å². The van der Waals surface area contributed by atoms with Gasteiger partial charge < -0.3 is 9.64 Å². The minimum atomic E-state index is -0.196. The molecule has 1 aromatic heterocycles. The quantitative estimate of drug-likeness (QED) is 0.434. The summed E-state index contributed by atoms with van der Waals surface area (Å²) in [5.74, 6) is 0.725. The Kier molecular flexibility index (Phi) is 7.19. The zero-order valence-corrected chi connectivity index (χ0v) is 19.3. The number of nitrogens with one attached hydrogen (secondary N) is 1. The summed E-state index contributed by atoms with van der Waals surface area (Å²) in [5.41, 5.74) is 6.41. The van der Waals surface area contributed by atoms with Crippen LogP contribution in [0.3, 0.4) is 0 Å². The molecular formula is C25H28N4O2S. The fourth-order valence-electron chi connectivity index (χ4n) is 3.80. The Morgan fingerprint density at radius 1 is 1.03 bits per heavy atom. The molecule has 0 aliphatic carbocycles. The van der Waals surface area contributed by atoms with Gasteiger partial charge in [0.05, 0.1) is 18.5 Å². The first kappa shape index (κ1) is 22.0. The number of benzene rings is 2. The number of hydrazone groups is 1. The van der Waals surface area contributed by atoms with E-state index in [1.165, 1.54) is 5.56 Å². The minimum absolute atomic E-state index is 0.196. The molecule has 32 heavy (non-hydrogen) atoms. The molecule has 0 spiro atoms. The molecular weight excluding hydrogens is 420 g/mol. The number of piperazine rings is 1. The first-order valence-corrected chi connectivity index (χ1v) is 11.6. The molecule has 1 N–H and O–H groups in total. The number of amides is 1. The summed E-state index contributed by atoms with van der Waals surface area (Å²) in [5, 5.41) is 6.20. The van der Waals surface area contributed by atoms with Gasteiger partial charge >= 0.3 is 0 Å². The highest BCUT2D eigenvalue weighted by Crippen LogP contribution is 2.28. The first-order chi connectivity index (χ1) is 15.6. The van der Waals surface area contributed by atoms with E-state index in [9.17, 15) is 4.79 Å². The predicted molar refractivity (Wildman–Crippen MR) is 131 cm³/mol. The molecule has 1 saturated heterocycles. The Labute approximate surface area is 193 Å². The number of carbonyl (C=O) groups is 1. The Morgan fingerprint density at radius 3 is 2.47 bits per heavy atom. The van der Waals surface area contributed by atoms with Crippen molar-refractivity contribution < 1.29 is 9.53 Å². The lowest BCUT2D eigenvalue weighted by molar-refractivity contribution is 0.0955. The molecule has 1 amide bonds. The number of rotatable bonds is 7. The molecule has 0 unspecified atom stereocenters. The van der Waals surface area contributed by atoms with Gasteiger partial charge in [-0.15, -0.1) is 11.3 Å². The van der Waals surface area contributed by atoms with Gasteiger partial charge in [-0.1, -0.05) is 30.3 Å². The number of para-hydroxylation sites is 2. The summed E-state index contributed by atoms with van der Waals surface area (Å²) in [6.07, 6.45) is 0. The lowest BCUT2D eigenvalue weighted by Crippen LogP contribution is -2.46. The van der Waals surface area contributed by atoms with E-state index in [2.05, 4.69) is 32.5 Å². The summed E-state index contributed by atoms with van der Waals surface area (Å²) in [4.78, 5) is 18.3. The van der Waals surface area contributed by atoms with E-state index in [1.54, 1.807) is 18.4 Å². The van der Waals surface area contributed by atoms with Gasteiger partial charge in [0.1, 0.15) is 5.75 Å². The Balaban J connectivity index is 1.29. The molecule has 0 bridgehead atoms. The van der Waals surface area contributed by atoms with E-state index < -0.39 is 0 Å². The highest BCUT2D eigenvalue weighted by atomic mass is 32.1. The molecule has 0 atom stereocenters. The summed E-state index contributed by atoms with van der Waals surface area (Å²) in [6, 6.07) is 19.9. The molecule has 1 fully saturated rings. The second kappa shape index (κ2) is 10.4. The minimum Gasteiger partial charge on any atom is -0.495 e. The number of anilines is 1. The van der Waals surface area contributed by atoms with Gasteiger partial charge in [0, 0.05) is 43.2 Å². The van der Waals surface area contributed by atoms with Crippen molar-refractivity contribution >= 4 is 28.6 Å². The monoisotopic (exact) mass is 448 g/mol. The summed E-state index contributed by atoms with van der Waals surface area (Å²) in [7, 11) is 1.72. The third-order valence-electron chi connectivity index (χ3n) is 5.62. The van der Waals surface area contributed by atoms with Crippen LogP contribution in [0, 0.1) is 0 Å². The van der Waals surface area contributed by atoms with Crippen molar-refractivity contribution in [2.45, 2.75) is 13.5 Å². The van der Waals surface area contributed by atoms with Crippen molar-refractivity contribution in [3.05, 3.63) is 82.0 Å². The maximum absolute atomic E-state index is 12.4. The average molecular weight is 449 g/mol. The normalized spacial score (nSPS) is 14.9. The molecule has 1 aliphatic rings. The van der Waals surface area contributed by atoms with Crippen LogP contribution in [0.15, 0.2) is 71.1 Å². The molecule has 0 saturated carbocycles. The second-order valence-electron chi connectivity index (χ2n) is 7.75. The third-order valence-corrected chi connectivity index (χ3v) is 6.60. The SMILES string of the molecule is COc1ccccc1N1CCN(Cc2ccc(C(=O)N/N=C(/C)c3cccs3)cc2)CC1. The van der Waals surface area contributed by atoms with Crippen LogP contribution in [0.5, 0.6) is 5.75 Å². The highest BCUT2D eigenvalue weighted by Gasteiger charge is 2.19. The van der Waals surface area contributed by atoms with Crippen molar-refractivity contribution in [1.29, 1.82) is 0 Å². The predicted octanol–water partition coefficient (Wildman–Crippen LogP) is 4.23. The van der Waals surface area contributed by atoms with Crippen LogP contribution in [0.25, 0.3) is 0 Å². The number of methoxy groups -OCH3 is 1. The molecule has 0 radical (unpaired) electrons. The zero-order valence-electron chi connectivity index (χ0n) is 18.5. The fourth-order valence-corrected chi connectivity index (χ4v) is 4.47. The van der Waals surface area contributed by atoms with Crippen molar-refractivity contribution in [2.24, 2.45) is 5.10 Å². The van der Waals surface area contributed by atoms with Gasteiger partial charge in [-0.2, -0.15) is 5.10 Å². The molecule has 2 aromatic carbocycles. The molecule has 1 aliphatic heterocycles. The first-order valence-electron chi connectivity index (χ1n) is 10.7. The maximum Gasteiger partial charge on any atom is 0.271 e. The fraction of sp³-hybridized carbons (Fsp3) is 0.280. The number of hydrogen-bond acceptors (Lipinski definition) is 6. The van der Waals surface area contributed by atoms with Crippen molar-refractivity contribution in [1.82, 2.24) is 10.3 Å². The van der Waals surface area contributed by atoms with Crippen LogP contribution in [-0.4, -0.2) is 49.8 Å². The van der Waals surface area contributed by atoms with Gasteiger partial charge in [-0.3, -0.25) is 9.69 Å². The number of carbonyl (C=O) groups excluding carboxylic acids is 1. The number of ether oxygens (including phenoxy) is 1.